The monoisotopic (exact) mass is 488 g/mol. The lowest BCUT2D eigenvalue weighted by atomic mass is 9.91. The summed E-state index contributed by atoms with van der Waals surface area (Å²) in [6, 6.07) is 5.53. The van der Waals surface area contributed by atoms with Gasteiger partial charge in [0.1, 0.15) is 11.4 Å². The van der Waals surface area contributed by atoms with Crippen molar-refractivity contribution in [2.45, 2.75) is 69.8 Å². The number of hydrogen-bond donors (Lipinski definition) is 3. The molecule has 11 heteroatoms. The van der Waals surface area contributed by atoms with E-state index in [4.69, 9.17) is 0 Å². The first kappa shape index (κ1) is 23.4. The number of aromatic nitrogens is 2. The van der Waals surface area contributed by atoms with E-state index in [-0.39, 0.29) is 48.3 Å². The van der Waals surface area contributed by atoms with Crippen LogP contribution in [0.5, 0.6) is 0 Å². The average Bonchev–Trinajstić information content (AvgIpc) is 3.36. The molecule has 0 radical (unpaired) electrons. The average molecular weight is 489 g/mol. The largest absolute Gasteiger partial charge is 0.421 e. The molecule has 1 saturated carbocycles. The molecule has 2 amide bonds. The molecule has 186 valence electrons. The number of carbonyl (C=O) groups is 2. The third kappa shape index (κ3) is 4.51. The van der Waals surface area contributed by atoms with Crippen LogP contribution in [0.3, 0.4) is 0 Å². The van der Waals surface area contributed by atoms with E-state index in [2.05, 4.69) is 25.9 Å². The zero-order valence-electron chi connectivity index (χ0n) is 19.3. The third-order valence-corrected chi connectivity index (χ3v) is 7.03. The van der Waals surface area contributed by atoms with Crippen LogP contribution in [0.1, 0.15) is 74.2 Å². The Labute approximate surface area is 200 Å². The summed E-state index contributed by atoms with van der Waals surface area (Å²) in [7, 11) is 0. The topological polar surface area (TPSA) is 99.3 Å². The number of hydrogen-bond acceptors (Lipinski definition) is 6. The van der Waals surface area contributed by atoms with Crippen molar-refractivity contribution in [1.82, 2.24) is 20.2 Å². The van der Waals surface area contributed by atoms with Gasteiger partial charge in [0.2, 0.25) is 17.8 Å². The van der Waals surface area contributed by atoms with E-state index in [1.165, 1.54) is 0 Å². The highest BCUT2D eigenvalue weighted by Crippen LogP contribution is 2.53. The molecule has 8 nitrogen and oxygen atoms in total. The predicted molar refractivity (Wildman–Crippen MR) is 123 cm³/mol. The molecule has 5 rings (SSSR count). The Bertz CT molecular complexity index is 1150. The van der Waals surface area contributed by atoms with Gasteiger partial charge in [-0.1, -0.05) is 13.0 Å². The Morgan fingerprint density at radius 1 is 1.11 bits per heavy atom. The van der Waals surface area contributed by atoms with Gasteiger partial charge in [0.25, 0.3) is 0 Å². The van der Waals surface area contributed by atoms with E-state index in [0.717, 1.165) is 49.4 Å². The van der Waals surface area contributed by atoms with Gasteiger partial charge >= 0.3 is 6.18 Å². The Hall–Kier alpha value is -3.37. The maximum Gasteiger partial charge on any atom is 0.421 e. The lowest BCUT2D eigenvalue weighted by Crippen LogP contribution is -2.38. The van der Waals surface area contributed by atoms with Crippen LogP contribution >= 0.6 is 0 Å². The standard InChI is InChI=1S/C24H27F3N6O2/c1-2-20(34)28-12-21(35)33-18-8-9-19(33)16-10-14(6-7-15(16)18)31-23-29-11-17(24(25,26)27)22(32-23)30-13-4-3-5-13/h6-7,10-11,13,18-19H,2-5,8-9,12H2,1H3,(H,28,34)(H2,29,30,31,32)/t18-,19+/m0/s1. The van der Waals surface area contributed by atoms with Gasteiger partial charge in [0, 0.05) is 24.3 Å². The molecule has 2 bridgehead atoms. The van der Waals surface area contributed by atoms with Crippen molar-refractivity contribution < 1.29 is 22.8 Å². The number of rotatable bonds is 7. The van der Waals surface area contributed by atoms with E-state index in [0.29, 0.717) is 12.1 Å². The van der Waals surface area contributed by atoms with Crippen LogP contribution in [0.4, 0.5) is 30.6 Å². The summed E-state index contributed by atoms with van der Waals surface area (Å²) in [5, 5.41) is 8.57. The fraction of sp³-hybridized carbons (Fsp3) is 0.500. The third-order valence-electron chi connectivity index (χ3n) is 7.03. The van der Waals surface area contributed by atoms with Gasteiger partial charge < -0.3 is 20.9 Å². The second-order valence-corrected chi connectivity index (χ2v) is 9.23. The predicted octanol–water partition coefficient (Wildman–Crippen LogP) is 4.45. The number of alkyl halides is 3. The number of anilines is 3. The summed E-state index contributed by atoms with van der Waals surface area (Å²) < 4.78 is 40.3. The molecule has 2 aliphatic heterocycles. The number of benzene rings is 1. The molecule has 2 aromatic rings. The highest BCUT2D eigenvalue weighted by Gasteiger charge is 2.46. The van der Waals surface area contributed by atoms with Crippen LogP contribution in [-0.2, 0) is 15.8 Å². The van der Waals surface area contributed by atoms with Gasteiger partial charge in [0.15, 0.2) is 0 Å². The van der Waals surface area contributed by atoms with Crippen molar-refractivity contribution in [3.63, 3.8) is 0 Å². The summed E-state index contributed by atoms with van der Waals surface area (Å²) in [6.07, 6.45) is 0.859. The van der Waals surface area contributed by atoms with Crippen molar-refractivity contribution in [2.75, 3.05) is 17.2 Å². The molecule has 2 fully saturated rings. The van der Waals surface area contributed by atoms with Gasteiger partial charge in [0.05, 0.1) is 18.6 Å². The number of fused-ring (bicyclic) bond motifs is 5. The second-order valence-electron chi connectivity index (χ2n) is 9.23. The lowest BCUT2D eigenvalue weighted by Gasteiger charge is -2.28. The van der Waals surface area contributed by atoms with Gasteiger partial charge in [-0.15, -0.1) is 0 Å². The molecule has 3 heterocycles. The molecule has 3 N–H and O–H groups in total. The van der Waals surface area contributed by atoms with Crippen LogP contribution in [0.25, 0.3) is 0 Å². The van der Waals surface area contributed by atoms with Crippen molar-refractivity contribution in [1.29, 1.82) is 0 Å². The van der Waals surface area contributed by atoms with Crippen LogP contribution in [-0.4, -0.2) is 39.3 Å². The highest BCUT2D eigenvalue weighted by atomic mass is 19.4. The van der Waals surface area contributed by atoms with Gasteiger partial charge in [-0.2, -0.15) is 18.2 Å². The first-order valence-corrected chi connectivity index (χ1v) is 11.9. The van der Waals surface area contributed by atoms with Gasteiger partial charge in [-0.25, -0.2) is 4.98 Å². The summed E-state index contributed by atoms with van der Waals surface area (Å²) in [5.74, 6) is -0.441. The summed E-state index contributed by atoms with van der Waals surface area (Å²) in [6.45, 7) is 1.70. The molecule has 1 saturated heterocycles. The van der Waals surface area contributed by atoms with E-state index in [1.807, 2.05) is 23.1 Å². The van der Waals surface area contributed by atoms with E-state index < -0.39 is 11.7 Å². The number of nitrogens with one attached hydrogen (secondary N) is 3. The summed E-state index contributed by atoms with van der Waals surface area (Å²) in [4.78, 5) is 34.2. The normalized spacial score (nSPS) is 20.9. The van der Waals surface area contributed by atoms with E-state index in [1.54, 1.807) is 6.92 Å². The minimum absolute atomic E-state index is 0.0139. The van der Waals surface area contributed by atoms with Gasteiger partial charge in [-0.05, 0) is 55.4 Å². The number of halogens is 3. The summed E-state index contributed by atoms with van der Waals surface area (Å²) in [5.41, 5.74) is 1.81. The minimum atomic E-state index is -4.55. The molecule has 35 heavy (non-hydrogen) atoms. The van der Waals surface area contributed by atoms with Crippen molar-refractivity contribution in [3.05, 3.63) is 41.1 Å². The second kappa shape index (κ2) is 9.01. The quantitative estimate of drug-likeness (QED) is 0.533. The van der Waals surface area contributed by atoms with Crippen molar-refractivity contribution >= 4 is 29.3 Å². The van der Waals surface area contributed by atoms with Crippen LogP contribution in [0.15, 0.2) is 24.4 Å². The van der Waals surface area contributed by atoms with Crippen LogP contribution in [0, 0.1) is 0 Å². The SMILES string of the molecule is CCC(=O)NCC(=O)N1[C@@H]2CC[C@H]1c1ccc(Nc3ncc(C(F)(F)F)c(NC4CCC4)n3)cc12. The Balaban J connectivity index is 1.34. The maximum absolute atomic E-state index is 13.4. The molecular weight excluding hydrogens is 461 g/mol. The molecule has 2 atom stereocenters. The van der Waals surface area contributed by atoms with E-state index in [9.17, 15) is 22.8 Å². The van der Waals surface area contributed by atoms with Gasteiger partial charge in [-0.3, -0.25) is 9.59 Å². The van der Waals surface area contributed by atoms with E-state index >= 15 is 0 Å². The smallest absolute Gasteiger partial charge is 0.367 e. The zero-order valence-corrected chi connectivity index (χ0v) is 19.3. The van der Waals surface area contributed by atoms with Crippen molar-refractivity contribution in [2.24, 2.45) is 0 Å². The molecule has 1 aliphatic carbocycles. The Morgan fingerprint density at radius 2 is 1.86 bits per heavy atom. The molecule has 3 aliphatic rings. The Kier molecular flexibility index (Phi) is 6.02. The fourth-order valence-corrected chi connectivity index (χ4v) is 5.04. The maximum atomic E-state index is 13.4. The first-order valence-electron chi connectivity index (χ1n) is 11.9. The number of nitrogens with zero attached hydrogens (tertiary/aromatic N) is 3. The molecule has 0 spiro atoms. The number of amides is 2. The molecule has 1 aromatic heterocycles. The molecule has 1 aromatic carbocycles. The van der Waals surface area contributed by atoms with Crippen molar-refractivity contribution in [3.8, 4) is 0 Å². The molecule has 0 unspecified atom stereocenters. The molecular formula is C24H27F3N6O2. The fourth-order valence-electron chi connectivity index (χ4n) is 5.04. The lowest BCUT2D eigenvalue weighted by molar-refractivity contribution is -0.137. The Morgan fingerprint density at radius 3 is 2.51 bits per heavy atom. The first-order chi connectivity index (χ1) is 16.7. The van der Waals surface area contributed by atoms with Crippen LogP contribution < -0.4 is 16.0 Å². The van der Waals surface area contributed by atoms with Crippen LogP contribution in [0.2, 0.25) is 0 Å². The number of carbonyl (C=O) groups excluding carboxylic acids is 2. The minimum Gasteiger partial charge on any atom is -0.367 e. The summed E-state index contributed by atoms with van der Waals surface area (Å²) >= 11 is 0. The zero-order chi connectivity index (χ0) is 24.7. The highest BCUT2D eigenvalue weighted by molar-refractivity contribution is 5.86.